The number of halogens is 1. The summed E-state index contributed by atoms with van der Waals surface area (Å²) >= 11 is 3.42. The van der Waals surface area contributed by atoms with Crippen LogP contribution in [0.2, 0.25) is 0 Å². The molecule has 5 nitrogen and oxygen atoms in total. The molecule has 1 heterocycles. The summed E-state index contributed by atoms with van der Waals surface area (Å²) in [7, 11) is 0. The largest absolute Gasteiger partial charge is 0.451 e. The number of furan rings is 1. The van der Waals surface area contributed by atoms with Gasteiger partial charge in [0.05, 0.1) is 6.42 Å². The Morgan fingerprint density at radius 3 is 2.43 bits per heavy atom. The maximum atomic E-state index is 12.4. The molecule has 0 saturated heterocycles. The van der Waals surface area contributed by atoms with Crippen LogP contribution in [0.3, 0.4) is 0 Å². The average Bonchev–Trinajstić information content (AvgIpc) is 3.18. The van der Waals surface area contributed by atoms with Crippen molar-refractivity contribution in [3.63, 3.8) is 0 Å². The van der Waals surface area contributed by atoms with Gasteiger partial charge in [0.2, 0.25) is 5.91 Å². The summed E-state index contributed by atoms with van der Waals surface area (Å²) in [5.74, 6) is -0.119. The van der Waals surface area contributed by atoms with Crippen LogP contribution in [0, 0.1) is 0 Å². The lowest BCUT2D eigenvalue weighted by molar-refractivity contribution is -0.120. The first kappa shape index (κ1) is 19.9. The predicted octanol–water partition coefficient (Wildman–Crippen LogP) is 5.31. The SMILES string of the molecule is O=C(Cc1ccc(NC(=O)c2cc3ccccc3o2)cc1)NCc1cccc(Br)c1. The summed E-state index contributed by atoms with van der Waals surface area (Å²) in [5.41, 5.74) is 3.20. The van der Waals surface area contributed by atoms with Crippen molar-refractivity contribution in [2.24, 2.45) is 0 Å². The van der Waals surface area contributed by atoms with Gasteiger partial charge in [0.1, 0.15) is 5.58 Å². The summed E-state index contributed by atoms with van der Waals surface area (Å²) in [6.07, 6.45) is 0.270. The van der Waals surface area contributed by atoms with Gasteiger partial charge in [-0.3, -0.25) is 9.59 Å². The van der Waals surface area contributed by atoms with Crippen LogP contribution in [0.4, 0.5) is 5.69 Å². The number of fused-ring (bicyclic) bond motifs is 1. The van der Waals surface area contributed by atoms with Crippen molar-refractivity contribution in [2.45, 2.75) is 13.0 Å². The summed E-state index contributed by atoms with van der Waals surface area (Å²) < 4.78 is 6.56. The van der Waals surface area contributed by atoms with E-state index in [1.54, 1.807) is 18.2 Å². The minimum absolute atomic E-state index is 0.0611. The molecule has 2 N–H and O–H groups in total. The van der Waals surface area contributed by atoms with E-state index in [0.717, 1.165) is 21.0 Å². The van der Waals surface area contributed by atoms with Crippen molar-refractivity contribution in [1.82, 2.24) is 5.32 Å². The molecule has 0 bridgehead atoms. The standard InChI is InChI=1S/C24H19BrN2O3/c25-19-6-3-4-17(12-19)15-26-23(28)13-16-8-10-20(11-9-16)27-24(29)22-14-18-5-1-2-7-21(18)30-22/h1-12,14H,13,15H2,(H,26,28)(H,27,29). The van der Waals surface area contributed by atoms with Gasteiger partial charge in [-0.1, -0.05) is 58.4 Å². The number of carbonyl (C=O) groups is 2. The lowest BCUT2D eigenvalue weighted by Crippen LogP contribution is -2.24. The monoisotopic (exact) mass is 462 g/mol. The zero-order valence-corrected chi connectivity index (χ0v) is 17.6. The molecule has 6 heteroatoms. The quantitative estimate of drug-likeness (QED) is 0.407. The number of nitrogens with one attached hydrogen (secondary N) is 2. The van der Waals surface area contributed by atoms with Gasteiger partial charge >= 0.3 is 0 Å². The van der Waals surface area contributed by atoms with E-state index in [0.29, 0.717) is 17.8 Å². The van der Waals surface area contributed by atoms with Crippen molar-refractivity contribution >= 4 is 44.4 Å². The van der Waals surface area contributed by atoms with Crippen LogP contribution in [0.1, 0.15) is 21.7 Å². The first-order valence-electron chi connectivity index (χ1n) is 9.47. The van der Waals surface area contributed by atoms with E-state index >= 15 is 0 Å². The Kier molecular flexibility index (Phi) is 5.95. The molecule has 0 saturated carbocycles. The number of hydrogen-bond donors (Lipinski definition) is 2. The van der Waals surface area contributed by atoms with E-state index in [-0.39, 0.29) is 24.0 Å². The zero-order valence-electron chi connectivity index (χ0n) is 16.0. The average molecular weight is 463 g/mol. The van der Waals surface area contributed by atoms with Gasteiger partial charge in [0.25, 0.3) is 5.91 Å². The number of para-hydroxylation sites is 1. The third-order valence-electron chi connectivity index (χ3n) is 4.60. The first-order chi connectivity index (χ1) is 14.6. The third-order valence-corrected chi connectivity index (χ3v) is 5.10. The normalized spacial score (nSPS) is 10.7. The molecule has 4 aromatic rings. The maximum absolute atomic E-state index is 12.4. The van der Waals surface area contributed by atoms with Crippen LogP contribution >= 0.6 is 15.9 Å². The van der Waals surface area contributed by atoms with Crippen LogP contribution in [-0.4, -0.2) is 11.8 Å². The highest BCUT2D eigenvalue weighted by atomic mass is 79.9. The minimum atomic E-state index is -0.314. The molecule has 3 aromatic carbocycles. The topological polar surface area (TPSA) is 71.3 Å². The summed E-state index contributed by atoms with van der Waals surface area (Å²) in [4.78, 5) is 24.6. The van der Waals surface area contributed by atoms with Gasteiger partial charge < -0.3 is 15.1 Å². The Morgan fingerprint density at radius 2 is 1.67 bits per heavy atom. The highest BCUT2D eigenvalue weighted by Gasteiger charge is 2.12. The molecule has 1 aromatic heterocycles. The number of benzene rings is 3. The van der Waals surface area contributed by atoms with E-state index in [1.807, 2.05) is 60.7 Å². The van der Waals surface area contributed by atoms with Gasteiger partial charge in [0, 0.05) is 22.1 Å². The molecule has 150 valence electrons. The number of amides is 2. The van der Waals surface area contributed by atoms with Crippen molar-refractivity contribution in [1.29, 1.82) is 0 Å². The third kappa shape index (κ3) is 4.96. The Bertz CT molecular complexity index is 1170. The number of carbonyl (C=O) groups excluding carboxylic acids is 2. The summed E-state index contributed by atoms with van der Waals surface area (Å²) in [6.45, 7) is 0.476. The molecular weight excluding hydrogens is 444 g/mol. The molecule has 0 aliphatic heterocycles. The molecule has 2 amide bonds. The van der Waals surface area contributed by atoms with Crippen LogP contribution in [-0.2, 0) is 17.8 Å². The molecule has 0 unspecified atom stereocenters. The smallest absolute Gasteiger partial charge is 0.291 e. The molecular formula is C24H19BrN2O3. The van der Waals surface area contributed by atoms with Gasteiger partial charge in [-0.15, -0.1) is 0 Å². The molecule has 0 fully saturated rings. The number of anilines is 1. The Labute approximate surface area is 182 Å². The van der Waals surface area contributed by atoms with Crippen LogP contribution in [0.5, 0.6) is 0 Å². The van der Waals surface area contributed by atoms with Crippen LogP contribution in [0.15, 0.2) is 87.8 Å². The van der Waals surface area contributed by atoms with E-state index in [1.165, 1.54) is 0 Å². The Balaban J connectivity index is 1.32. The number of hydrogen-bond acceptors (Lipinski definition) is 3. The van der Waals surface area contributed by atoms with Gasteiger partial charge in [-0.25, -0.2) is 0 Å². The van der Waals surface area contributed by atoms with E-state index in [9.17, 15) is 9.59 Å². The van der Waals surface area contributed by atoms with Crippen molar-refractivity contribution in [3.05, 3.63) is 100 Å². The highest BCUT2D eigenvalue weighted by molar-refractivity contribution is 9.10. The van der Waals surface area contributed by atoms with Crippen LogP contribution < -0.4 is 10.6 Å². The van der Waals surface area contributed by atoms with Gasteiger partial charge in [0.15, 0.2) is 5.76 Å². The molecule has 0 atom stereocenters. The van der Waals surface area contributed by atoms with Gasteiger partial charge in [-0.05, 0) is 47.5 Å². The number of rotatable bonds is 6. The molecule has 0 radical (unpaired) electrons. The second-order valence-electron chi connectivity index (χ2n) is 6.88. The van der Waals surface area contributed by atoms with Crippen molar-refractivity contribution < 1.29 is 14.0 Å². The lowest BCUT2D eigenvalue weighted by Gasteiger charge is -2.07. The van der Waals surface area contributed by atoms with E-state index in [2.05, 4.69) is 26.6 Å². The first-order valence-corrected chi connectivity index (χ1v) is 10.3. The minimum Gasteiger partial charge on any atom is -0.451 e. The summed E-state index contributed by atoms with van der Waals surface area (Å²) in [5, 5.41) is 6.61. The highest BCUT2D eigenvalue weighted by Crippen LogP contribution is 2.20. The van der Waals surface area contributed by atoms with E-state index in [4.69, 9.17) is 4.42 Å². The fourth-order valence-electron chi connectivity index (χ4n) is 3.09. The Morgan fingerprint density at radius 1 is 0.867 bits per heavy atom. The predicted molar refractivity (Wildman–Crippen MR) is 120 cm³/mol. The fourth-order valence-corrected chi connectivity index (χ4v) is 3.53. The molecule has 0 aliphatic rings. The Hall–Kier alpha value is -3.38. The molecule has 30 heavy (non-hydrogen) atoms. The van der Waals surface area contributed by atoms with E-state index < -0.39 is 0 Å². The van der Waals surface area contributed by atoms with Crippen LogP contribution in [0.25, 0.3) is 11.0 Å². The second-order valence-corrected chi connectivity index (χ2v) is 7.80. The summed E-state index contributed by atoms with van der Waals surface area (Å²) in [6, 6.07) is 24.2. The molecule has 0 aliphatic carbocycles. The fraction of sp³-hybridized carbons (Fsp3) is 0.0833. The molecule has 4 rings (SSSR count). The van der Waals surface area contributed by atoms with Crippen molar-refractivity contribution in [3.8, 4) is 0 Å². The van der Waals surface area contributed by atoms with Crippen molar-refractivity contribution in [2.75, 3.05) is 5.32 Å². The lowest BCUT2D eigenvalue weighted by atomic mass is 10.1. The van der Waals surface area contributed by atoms with Gasteiger partial charge in [-0.2, -0.15) is 0 Å². The maximum Gasteiger partial charge on any atom is 0.291 e. The zero-order chi connectivity index (χ0) is 20.9. The second kappa shape index (κ2) is 8.97. The molecule has 0 spiro atoms.